The molecule has 0 aromatic rings. The summed E-state index contributed by atoms with van der Waals surface area (Å²) in [5.74, 6) is 0. The minimum atomic E-state index is -1.44. The number of nitrogens with two attached hydrogens (primary N) is 2. The van der Waals surface area contributed by atoms with Gasteiger partial charge in [0.1, 0.15) is 12.3 Å². The standard InChI is InChI=1S/C7H15FN2O2/c1-3-6(10)5(8)7(11)4(2-9)12-3/h3-7,11H,2,9-10H2,1H3/t3-,4-,5+,6+,7-/m1/s1. The summed E-state index contributed by atoms with van der Waals surface area (Å²) < 4.78 is 18.3. The van der Waals surface area contributed by atoms with E-state index in [2.05, 4.69) is 0 Å². The number of aliphatic hydroxyl groups excluding tert-OH is 1. The second-order valence-corrected chi connectivity index (χ2v) is 3.13. The molecule has 5 atom stereocenters. The number of aliphatic hydroxyl groups is 1. The van der Waals surface area contributed by atoms with Gasteiger partial charge < -0.3 is 21.3 Å². The van der Waals surface area contributed by atoms with Gasteiger partial charge in [0.05, 0.1) is 18.2 Å². The Morgan fingerprint density at radius 2 is 2.17 bits per heavy atom. The van der Waals surface area contributed by atoms with Crippen molar-refractivity contribution in [2.45, 2.75) is 37.4 Å². The molecular weight excluding hydrogens is 163 g/mol. The van der Waals surface area contributed by atoms with Crippen LogP contribution >= 0.6 is 0 Å². The molecule has 1 fully saturated rings. The van der Waals surface area contributed by atoms with Crippen LogP contribution in [0.5, 0.6) is 0 Å². The lowest BCUT2D eigenvalue weighted by molar-refractivity contribution is -0.149. The quantitative estimate of drug-likeness (QED) is 0.469. The van der Waals surface area contributed by atoms with Gasteiger partial charge in [-0.2, -0.15) is 0 Å². The van der Waals surface area contributed by atoms with Crippen LogP contribution in [0.25, 0.3) is 0 Å². The van der Waals surface area contributed by atoms with Crippen molar-refractivity contribution < 1.29 is 14.2 Å². The van der Waals surface area contributed by atoms with Crippen LogP contribution in [0, 0.1) is 0 Å². The number of alkyl halides is 1. The van der Waals surface area contributed by atoms with Gasteiger partial charge in [0.15, 0.2) is 0 Å². The molecule has 12 heavy (non-hydrogen) atoms. The molecule has 1 aliphatic rings. The van der Waals surface area contributed by atoms with Crippen molar-refractivity contribution in [2.24, 2.45) is 11.5 Å². The summed E-state index contributed by atoms with van der Waals surface area (Å²) in [6.45, 7) is 1.78. The first-order valence-electron chi connectivity index (χ1n) is 4.01. The number of hydrogen-bond donors (Lipinski definition) is 3. The van der Waals surface area contributed by atoms with E-state index in [1.54, 1.807) is 6.92 Å². The second kappa shape index (κ2) is 3.66. The summed E-state index contributed by atoms with van der Waals surface area (Å²) in [6, 6.07) is -0.761. The topological polar surface area (TPSA) is 81.5 Å². The first-order valence-corrected chi connectivity index (χ1v) is 4.01. The summed E-state index contributed by atoms with van der Waals surface area (Å²) in [5.41, 5.74) is 10.7. The third-order valence-electron chi connectivity index (χ3n) is 2.24. The van der Waals surface area contributed by atoms with Gasteiger partial charge in [-0.15, -0.1) is 0 Å². The van der Waals surface area contributed by atoms with E-state index in [1.165, 1.54) is 0 Å². The average Bonchev–Trinajstić information content (AvgIpc) is 2.08. The minimum Gasteiger partial charge on any atom is -0.387 e. The van der Waals surface area contributed by atoms with Crippen LogP contribution in [0.2, 0.25) is 0 Å². The predicted molar refractivity (Wildman–Crippen MR) is 42.3 cm³/mol. The third-order valence-corrected chi connectivity index (χ3v) is 2.24. The van der Waals surface area contributed by atoms with E-state index < -0.39 is 30.5 Å². The van der Waals surface area contributed by atoms with Crippen molar-refractivity contribution in [1.29, 1.82) is 0 Å². The fourth-order valence-electron chi connectivity index (χ4n) is 1.33. The Kier molecular flexibility index (Phi) is 3.00. The monoisotopic (exact) mass is 178 g/mol. The predicted octanol–water partition coefficient (Wildman–Crippen LogP) is -1.24. The van der Waals surface area contributed by atoms with E-state index in [0.29, 0.717) is 0 Å². The average molecular weight is 178 g/mol. The lowest BCUT2D eigenvalue weighted by Gasteiger charge is -2.38. The molecular formula is C7H15FN2O2. The normalized spacial score (nSPS) is 49.2. The van der Waals surface area contributed by atoms with Gasteiger partial charge in [-0.1, -0.05) is 0 Å². The highest BCUT2D eigenvalue weighted by Crippen LogP contribution is 2.21. The van der Waals surface area contributed by atoms with Gasteiger partial charge in [0, 0.05) is 6.54 Å². The van der Waals surface area contributed by atoms with E-state index in [1.807, 2.05) is 0 Å². The molecule has 0 radical (unpaired) electrons. The van der Waals surface area contributed by atoms with Crippen LogP contribution < -0.4 is 11.5 Å². The van der Waals surface area contributed by atoms with Gasteiger partial charge in [-0.25, -0.2) is 4.39 Å². The molecule has 1 heterocycles. The van der Waals surface area contributed by atoms with E-state index in [9.17, 15) is 9.50 Å². The zero-order valence-electron chi connectivity index (χ0n) is 6.98. The minimum absolute atomic E-state index is 0.110. The van der Waals surface area contributed by atoms with Crippen molar-refractivity contribution in [3.8, 4) is 0 Å². The summed E-state index contributed by atoms with van der Waals surface area (Å²) >= 11 is 0. The Labute approximate surface area is 70.7 Å². The molecule has 5 N–H and O–H groups in total. The molecule has 0 saturated carbocycles. The van der Waals surface area contributed by atoms with E-state index in [4.69, 9.17) is 16.2 Å². The van der Waals surface area contributed by atoms with Gasteiger partial charge in [0.2, 0.25) is 0 Å². The van der Waals surface area contributed by atoms with Gasteiger partial charge in [-0.05, 0) is 6.92 Å². The highest BCUT2D eigenvalue weighted by atomic mass is 19.1. The Morgan fingerprint density at radius 3 is 2.67 bits per heavy atom. The smallest absolute Gasteiger partial charge is 0.146 e. The molecule has 1 saturated heterocycles. The largest absolute Gasteiger partial charge is 0.387 e. The number of rotatable bonds is 1. The molecule has 5 heteroatoms. The van der Waals surface area contributed by atoms with Crippen molar-refractivity contribution in [3.05, 3.63) is 0 Å². The van der Waals surface area contributed by atoms with Crippen molar-refractivity contribution >= 4 is 0 Å². The van der Waals surface area contributed by atoms with Crippen LogP contribution in [0.3, 0.4) is 0 Å². The SMILES string of the molecule is C[C@H]1O[C@H](CN)[C@@H](O)[C@@H](F)[C@H]1N. The second-order valence-electron chi connectivity index (χ2n) is 3.13. The maximum atomic E-state index is 13.1. The van der Waals surface area contributed by atoms with Crippen LogP contribution in [-0.4, -0.2) is 42.2 Å². The highest BCUT2D eigenvalue weighted by molar-refractivity contribution is 4.93. The molecule has 0 aliphatic carbocycles. The van der Waals surface area contributed by atoms with E-state index in [-0.39, 0.29) is 6.54 Å². The van der Waals surface area contributed by atoms with E-state index >= 15 is 0 Å². The third kappa shape index (κ3) is 1.59. The maximum Gasteiger partial charge on any atom is 0.146 e. The summed E-state index contributed by atoms with van der Waals surface area (Å²) in [5, 5.41) is 9.27. The zero-order chi connectivity index (χ0) is 9.30. The first-order chi connectivity index (χ1) is 5.57. The molecule has 0 bridgehead atoms. The zero-order valence-corrected chi connectivity index (χ0v) is 6.98. The molecule has 0 aromatic heterocycles. The fraction of sp³-hybridized carbons (Fsp3) is 1.00. The van der Waals surface area contributed by atoms with Gasteiger partial charge in [-0.3, -0.25) is 0 Å². The molecule has 4 nitrogen and oxygen atoms in total. The van der Waals surface area contributed by atoms with Crippen molar-refractivity contribution in [2.75, 3.05) is 6.54 Å². The number of hydrogen-bond acceptors (Lipinski definition) is 4. The lowest BCUT2D eigenvalue weighted by Crippen LogP contribution is -2.60. The highest BCUT2D eigenvalue weighted by Gasteiger charge is 2.41. The van der Waals surface area contributed by atoms with E-state index in [0.717, 1.165) is 0 Å². The fourth-order valence-corrected chi connectivity index (χ4v) is 1.33. The number of ether oxygens (including phenoxy) is 1. The van der Waals surface area contributed by atoms with Crippen LogP contribution in [-0.2, 0) is 4.74 Å². The molecule has 0 aromatic carbocycles. The molecule has 1 rings (SSSR count). The molecule has 0 amide bonds. The van der Waals surface area contributed by atoms with Crippen LogP contribution in [0.15, 0.2) is 0 Å². The van der Waals surface area contributed by atoms with Crippen LogP contribution in [0.1, 0.15) is 6.92 Å². The van der Waals surface area contributed by atoms with Crippen LogP contribution in [0.4, 0.5) is 4.39 Å². The molecule has 72 valence electrons. The Morgan fingerprint density at radius 1 is 1.58 bits per heavy atom. The van der Waals surface area contributed by atoms with Gasteiger partial charge in [0.25, 0.3) is 0 Å². The Balaban J connectivity index is 2.63. The maximum absolute atomic E-state index is 13.1. The van der Waals surface area contributed by atoms with Crippen molar-refractivity contribution in [1.82, 2.24) is 0 Å². The molecule has 0 spiro atoms. The first kappa shape index (κ1) is 9.85. The lowest BCUT2D eigenvalue weighted by atomic mass is 9.95. The van der Waals surface area contributed by atoms with Gasteiger partial charge >= 0.3 is 0 Å². The summed E-state index contributed by atoms with van der Waals surface area (Å²) in [7, 11) is 0. The summed E-state index contributed by atoms with van der Waals surface area (Å²) in [6.07, 6.45) is -3.66. The Bertz CT molecular complexity index is 154. The van der Waals surface area contributed by atoms with Crippen molar-refractivity contribution in [3.63, 3.8) is 0 Å². The summed E-state index contributed by atoms with van der Waals surface area (Å²) in [4.78, 5) is 0. The Hall–Kier alpha value is -0.230. The molecule has 1 aliphatic heterocycles. The molecule has 0 unspecified atom stereocenters. The number of halogens is 1.